The SMILES string of the molecule is O=CC=Cc1cccc(OCO)c1. The van der Waals surface area contributed by atoms with Crippen molar-refractivity contribution in [1.82, 2.24) is 0 Å². The van der Waals surface area contributed by atoms with Gasteiger partial charge in [-0.1, -0.05) is 18.2 Å². The molecule has 0 aliphatic heterocycles. The van der Waals surface area contributed by atoms with Gasteiger partial charge >= 0.3 is 0 Å². The molecule has 3 heteroatoms. The quantitative estimate of drug-likeness (QED) is 0.428. The van der Waals surface area contributed by atoms with Crippen LogP contribution in [0.25, 0.3) is 6.08 Å². The first-order chi connectivity index (χ1) is 6.36. The lowest BCUT2D eigenvalue weighted by Gasteiger charge is -2.01. The number of carbonyl (C=O) groups excluding carboxylic acids is 1. The van der Waals surface area contributed by atoms with E-state index >= 15 is 0 Å². The topological polar surface area (TPSA) is 46.5 Å². The van der Waals surface area contributed by atoms with E-state index in [1.54, 1.807) is 24.3 Å². The average Bonchev–Trinajstić information content (AvgIpc) is 2.16. The van der Waals surface area contributed by atoms with E-state index in [9.17, 15) is 4.79 Å². The number of allylic oxidation sites excluding steroid dienone is 1. The molecule has 0 saturated carbocycles. The summed E-state index contributed by atoms with van der Waals surface area (Å²) in [5.74, 6) is 0.579. The molecule has 0 atom stereocenters. The third-order valence-electron chi connectivity index (χ3n) is 1.46. The molecule has 0 spiro atoms. The predicted octanol–water partition coefficient (Wildman–Crippen LogP) is 1.23. The maximum absolute atomic E-state index is 10.0. The van der Waals surface area contributed by atoms with Gasteiger partial charge in [0.2, 0.25) is 0 Å². The minimum atomic E-state index is -0.346. The molecule has 0 fully saturated rings. The van der Waals surface area contributed by atoms with Crippen molar-refractivity contribution < 1.29 is 14.6 Å². The van der Waals surface area contributed by atoms with Gasteiger partial charge in [-0.05, 0) is 23.8 Å². The summed E-state index contributed by atoms with van der Waals surface area (Å²) < 4.78 is 4.86. The number of benzene rings is 1. The predicted molar refractivity (Wildman–Crippen MR) is 49.3 cm³/mol. The summed E-state index contributed by atoms with van der Waals surface area (Å²) in [6, 6.07) is 7.09. The smallest absolute Gasteiger partial charge is 0.186 e. The zero-order valence-electron chi connectivity index (χ0n) is 7.01. The van der Waals surface area contributed by atoms with Crippen LogP contribution in [0.3, 0.4) is 0 Å². The van der Waals surface area contributed by atoms with Gasteiger partial charge in [0.15, 0.2) is 6.79 Å². The van der Waals surface area contributed by atoms with Crippen molar-refractivity contribution in [3.63, 3.8) is 0 Å². The summed E-state index contributed by atoms with van der Waals surface area (Å²) in [5, 5.41) is 8.49. The van der Waals surface area contributed by atoms with Crippen molar-refractivity contribution in [3.8, 4) is 5.75 Å². The highest BCUT2D eigenvalue weighted by Gasteiger charge is 1.92. The van der Waals surface area contributed by atoms with Crippen molar-refractivity contribution in [2.24, 2.45) is 0 Å². The molecule has 68 valence electrons. The van der Waals surface area contributed by atoms with Crippen molar-refractivity contribution in [2.45, 2.75) is 0 Å². The van der Waals surface area contributed by atoms with Crippen LogP contribution >= 0.6 is 0 Å². The van der Waals surface area contributed by atoms with Crippen LogP contribution in [0.5, 0.6) is 5.75 Å². The summed E-state index contributed by atoms with van der Waals surface area (Å²) in [5.41, 5.74) is 0.859. The van der Waals surface area contributed by atoms with Gasteiger partial charge < -0.3 is 9.84 Å². The normalized spacial score (nSPS) is 10.2. The fourth-order valence-electron chi connectivity index (χ4n) is 0.933. The number of hydrogen-bond donors (Lipinski definition) is 1. The summed E-state index contributed by atoms with van der Waals surface area (Å²) in [4.78, 5) is 10.0. The molecule has 0 saturated heterocycles. The van der Waals surface area contributed by atoms with E-state index < -0.39 is 0 Å². The van der Waals surface area contributed by atoms with Gasteiger partial charge in [0.05, 0.1) is 0 Å². The Bertz CT molecular complexity index is 305. The Kier molecular flexibility index (Phi) is 3.73. The molecule has 0 amide bonds. The van der Waals surface area contributed by atoms with Crippen molar-refractivity contribution in [3.05, 3.63) is 35.9 Å². The second-order valence-electron chi connectivity index (χ2n) is 2.34. The zero-order valence-corrected chi connectivity index (χ0v) is 7.01. The third kappa shape index (κ3) is 3.09. The lowest BCUT2D eigenvalue weighted by molar-refractivity contribution is -0.104. The van der Waals surface area contributed by atoms with Gasteiger partial charge in [-0.2, -0.15) is 0 Å². The number of rotatable bonds is 4. The lowest BCUT2D eigenvalue weighted by atomic mass is 10.2. The highest BCUT2D eigenvalue weighted by molar-refractivity contribution is 5.74. The Labute approximate surface area is 76.3 Å². The maximum Gasteiger partial charge on any atom is 0.186 e. The van der Waals surface area contributed by atoms with Gasteiger partial charge in [0.1, 0.15) is 12.0 Å². The molecule has 0 aliphatic carbocycles. The van der Waals surface area contributed by atoms with E-state index in [2.05, 4.69) is 0 Å². The van der Waals surface area contributed by atoms with Crippen LogP contribution in [0.1, 0.15) is 5.56 Å². The average molecular weight is 178 g/mol. The standard InChI is InChI=1S/C10H10O3/c11-6-2-4-9-3-1-5-10(7-9)13-8-12/h1-7,12H,8H2. The highest BCUT2D eigenvalue weighted by Crippen LogP contribution is 2.13. The van der Waals surface area contributed by atoms with Gasteiger partial charge in [-0.3, -0.25) is 4.79 Å². The highest BCUT2D eigenvalue weighted by atomic mass is 16.6. The van der Waals surface area contributed by atoms with Crippen molar-refractivity contribution in [2.75, 3.05) is 6.79 Å². The fourth-order valence-corrected chi connectivity index (χ4v) is 0.933. The molecule has 1 rings (SSSR count). The van der Waals surface area contributed by atoms with E-state index in [0.29, 0.717) is 12.0 Å². The van der Waals surface area contributed by atoms with Gasteiger partial charge in [-0.15, -0.1) is 0 Å². The van der Waals surface area contributed by atoms with E-state index in [1.807, 2.05) is 6.07 Å². The Morgan fingerprint density at radius 1 is 1.46 bits per heavy atom. The minimum absolute atomic E-state index is 0.346. The van der Waals surface area contributed by atoms with Crippen LogP contribution in [-0.2, 0) is 4.79 Å². The molecule has 1 aromatic rings. The van der Waals surface area contributed by atoms with Crippen LogP contribution in [0.4, 0.5) is 0 Å². The van der Waals surface area contributed by atoms with Crippen molar-refractivity contribution >= 4 is 12.4 Å². The first-order valence-electron chi connectivity index (χ1n) is 3.82. The number of ether oxygens (including phenoxy) is 1. The molecule has 1 N–H and O–H groups in total. The number of hydrogen-bond acceptors (Lipinski definition) is 3. The number of aldehydes is 1. The Morgan fingerprint density at radius 3 is 3.00 bits per heavy atom. The molecule has 0 heterocycles. The first kappa shape index (κ1) is 9.48. The van der Waals surface area contributed by atoms with E-state index in [4.69, 9.17) is 9.84 Å². The second kappa shape index (κ2) is 5.11. The number of carbonyl (C=O) groups is 1. The summed E-state index contributed by atoms with van der Waals surface area (Å²) >= 11 is 0. The second-order valence-corrected chi connectivity index (χ2v) is 2.34. The van der Waals surface area contributed by atoms with Crippen LogP contribution < -0.4 is 4.74 Å². The summed E-state index contributed by atoms with van der Waals surface area (Å²) in [6.45, 7) is -0.346. The summed E-state index contributed by atoms with van der Waals surface area (Å²) in [7, 11) is 0. The molecular formula is C10H10O3. The van der Waals surface area contributed by atoms with Crippen LogP contribution in [0.2, 0.25) is 0 Å². The Morgan fingerprint density at radius 2 is 2.31 bits per heavy atom. The third-order valence-corrected chi connectivity index (χ3v) is 1.46. The molecule has 0 unspecified atom stereocenters. The van der Waals surface area contributed by atoms with Crippen LogP contribution in [0, 0.1) is 0 Å². The zero-order chi connectivity index (χ0) is 9.52. The van der Waals surface area contributed by atoms with E-state index in [1.165, 1.54) is 6.08 Å². The molecular weight excluding hydrogens is 168 g/mol. The molecule has 1 aromatic carbocycles. The Hall–Kier alpha value is -1.61. The first-order valence-corrected chi connectivity index (χ1v) is 3.82. The fraction of sp³-hybridized carbons (Fsp3) is 0.100. The molecule has 0 aliphatic rings. The minimum Gasteiger partial charge on any atom is -0.468 e. The molecule has 13 heavy (non-hydrogen) atoms. The molecule has 0 bridgehead atoms. The van der Waals surface area contributed by atoms with Crippen LogP contribution in [-0.4, -0.2) is 18.2 Å². The number of aliphatic hydroxyl groups is 1. The largest absolute Gasteiger partial charge is 0.468 e. The van der Waals surface area contributed by atoms with Crippen LogP contribution in [0.15, 0.2) is 30.3 Å². The summed E-state index contributed by atoms with van der Waals surface area (Å²) in [6.07, 6.45) is 3.77. The molecule has 3 nitrogen and oxygen atoms in total. The monoisotopic (exact) mass is 178 g/mol. The molecule has 0 aromatic heterocycles. The lowest BCUT2D eigenvalue weighted by Crippen LogP contribution is -1.94. The molecule has 0 radical (unpaired) electrons. The van der Waals surface area contributed by atoms with Gasteiger partial charge in [0, 0.05) is 0 Å². The van der Waals surface area contributed by atoms with Crippen molar-refractivity contribution in [1.29, 1.82) is 0 Å². The Balaban J connectivity index is 2.78. The van der Waals surface area contributed by atoms with E-state index in [-0.39, 0.29) is 6.79 Å². The van der Waals surface area contributed by atoms with E-state index in [0.717, 1.165) is 5.56 Å². The van der Waals surface area contributed by atoms with Gasteiger partial charge in [0.25, 0.3) is 0 Å². The maximum atomic E-state index is 10.0. The van der Waals surface area contributed by atoms with Gasteiger partial charge in [-0.25, -0.2) is 0 Å². The number of aliphatic hydroxyl groups excluding tert-OH is 1.